The van der Waals surface area contributed by atoms with Gasteiger partial charge in [-0.25, -0.2) is 8.42 Å². The Morgan fingerprint density at radius 3 is 2.87 bits per heavy atom. The minimum atomic E-state index is -2.84. The van der Waals surface area contributed by atoms with Crippen LogP contribution in [-0.2, 0) is 14.6 Å². The molecule has 15 heavy (non-hydrogen) atoms. The molecule has 0 aromatic heterocycles. The molecular formula is C9H17NO3S2. The van der Waals surface area contributed by atoms with Crippen LogP contribution >= 0.6 is 12.2 Å². The highest BCUT2D eigenvalue weighted by Gasteiger charge is 2.28. The number of ether oxygens (including phenoxy) is 1. The Labute approximate surface area is 96.3 Å². The third-order valence-electron chi connectivity index (χ3n) is 2.29. The van der Waals surface area contributed by atoms with Gasteiger partial charge in [0.15, 0.2) is 9.84 Å². The van der Waals surface area contributed by atoms with Crippen molar-refractivity contribution in [1.82, 2.24) is 5.32 Å². The molecule has 0 aliphatic carbocycles. The van der Waals surface area contributed by atoms with Crippen molar-refractivity contribution in [2.75, 3.05) is 18.1 Å². The predicted molar refractivity (Wildman–Crippen MR) is 63.7 cm³/mol. The smallest absolute Gasteiger partial charge is 0.256 e. The highest BCUT2D eigenvalue weighted by Crippen LogP contribution is 2.11. The molecule has 0 saturated carbocycles. The Bertz CT molecular complexity index is 313. The average molecular weight is 251 g/mol. The van der Waals surface area contributed by atoms with E-state index in [2.05, 4.69) is 12.2 Å². The van der Waals surface area contributed by atoms with Crippen LogP contribution in [-0.4, -0.2) is 37.7 Å². The van der Waals surface area contributed by atoms with Crippen LogP contribution in [0.4, 0.5) is 0 Å². The van der Waals surface area contributed by atoms with Crippen molar-refractivity contribution in [3.8, 4) is 0 Å². The molecule has 0 amide bonds. The summed E-state index contributed by atoms with van der Waals surface area (Å²) in [5.41, 5.74) is 0. The number of hydrogen-bond donors (Lipinski definition) is 1. The first-order valence-electron chi connectivity index (χ1n) is 5.17. The molecule has 4 nitrogen and oxygen atoms in total. The quantitative estimate of drug-likeness (QED) is 0.593. The first-order chi connectivity index (χ1) is 7.03. The minimum Gasteiger partial charge on any atom is -0.471 e. The van der Waals surface area contributed by atoms with Gasteiger partial charge in [0, 0.05) is 6.04 Å². The van der Waals surface area contributed by atoms with Gasteiger partial charge in [-0.05, 0) is 25.1 Å². The number of nitrogens with one attached hydrogen (secondary N) is 1. The zero-order chi connectivity index (χ0) is 11.3. The van der Waals surface area contributed by atoms with Crippen LogP contribution in [0.3, 0.4) is 0 Å². The number of hydrogen-bond acceptors (Lipinski definition) is 4. The molecule has 1 N–H and O–H groups in total. The Kier molecular flexibility index (Phi) is 4.79. The van der Waals surface area contributed by atoms with Gasteiger partial charge in [-0.3, -0.25) is 0 Å². The van der Waals surface area contributed by atoms with E-state index in [-0.39, 0.29) is 17.5 Å². The van der Waals surface area contributed by atoms with Crippen molar-refractivity contribution < 1.29 is 13.2 Å². The molecule has 0 radical (unpaired) electrons. The maximum Gasteiger partial charge on any atom is 0.256 e. The van der Waals surface area contributed by atoms with Crippen molar-refractivity contribution in [3.05, 3.63) is 0 Å². The van der Waals surface area contributed by atoms with Gasteiger partial charge in [0.2, 0.25) is 0 Å². The molecule has 0 unspecified atom stereocenters. The number of thiocarbonyl (C=S) groups is 1. The topological polar surface area (TPSA) is 55.4 Å². The highest BCUT2D eigenvalue weighted by atomic mass is 32.2. The summed E-state index contributed by atoms with van der Waals surface area (Å²) in [6, 6.07) is -0.0656. The van der Waals surface area contributed by atoms with E-state index in [1.165, 1.54) is 0 Å². The summed E-state index contributed by atoms with van der Waals surface area (Å²) in [5, 5.41) is 3.25. The first-order valence-corrected chi connectivity index (χ1v) is 7.40. The fourth-order valence-corrected chi connectivity index (χ4v) is 3.35. The second kappa shape index (κ2) is 5.65. The molecule has 1 atom stereocenters. The molecule has 6 heteroatoms. The second-order valence-electron chi connectivity index (χ2n) is 3.73. The van der Waals surface area contributed by atoms with E-state index in [4.69, 9.17) is 17.0 Å². The zero-order valence-electron chi connectivity index (χ0n) is 8.86. The van der Waals surface area contributed by atoms with E-state index in [0.29, 0.717) is 18.2 Å². The maximum absolute atomic E-state index is 11.2. The van der Waals surface area contributed by atoms with E-state index in [0.717, 1.165) is 12.8 Å². The molecule has 1 heterocycles. The fraction of sp³-hybridized carbons (Fsp3) is 0.889. The van der Waals surface area contributed by atoms with Crippen LogP contribution in [0.25, 0.3) is 0 Å². The van der Waals surface area contributed by atoms with Crippen molar-refractivity contribution in [1.29, 1.82) is 0 Å². The van der Waals surface area contributed by atoms with Gasteiger partial charge in [-0.1, -0.05) is 13.3 Å². The summed E-state index contributed by atoms with van der Waals surface area (Å²) in [7, 11) is -2.84. The maximum atomic E-state index is 11.2. The summed E-state index contributed by atoms with van der Waals surface area (Å²) >= 11 is 4.95. The Morgan fingerprint density at radius 2 is 2.33 bits per heavy atom. The molecule has 1 saturated heterocycles. The Morgan fingerprint density at radius 1 is 1.60 bits per heavy atom. The monoisotopic (exact) mass is 251 g/mol. The minimum absolute atomic E-state index is 0.0656. The fourth-order valence-electron chi connectivity index (χ4n) is 1.43. The second-order valence-corrected chi connectivity index (χ2v) is 6.33. The van der Waals surface area contributed by atoms with Crippen molar-refractivity contribution in [3.63, 3.8) is 0 Å². The van der Waals surface area contributed by atoms with Gasteiger partial charge < -0.3 is 10.1 Å². The summed E-state index contributed by atoms with van der Waals surface area (Å²) in [5.74, 6) is 0.423. The summed E-state index contributed by atoms with van der Waals surface area (Å²) in [6.45, 7) is 2.67. The third kappa shape index (κ3) is 4.79. The summed E-state index contributed by atoms with van der Waals surface area (Å²) < 4.78 is 27.6. The lowest BCUT2D eigenvalue weighted by Crippen LogP contribution is -2.35. The van der Waals surface area contributed by atoms with Gasteiger partial charge in [-0.15, -0.1) is 0 Å². The molecule has 1 fully saturated rings. The molecule has 88 valence electrons. The number of rotatable bonds is 4. The van der Waals surface area contributed by atoms with E-state index < -0.39 is 9.84 Å². The molecule has 0 bridgehead atoms. The van der Waals surface area contributed by atoms with Crippen molar-refractivity contribution in [2.45, 2.75) is 32.2 Å². The average Bonchev–Trinajstić information content (AvgIpc) is 2.46. The van der Waals surface area contributed by atoms with Crippen molar-refractivity contribution >= 4 is 27.2 Å². The van der Waals surface area contributed by atoms with Gasteiger partial charge in [0.05, 0.1) is 18.1 Å². The predicted octanol–water partition coefficient (Wildman–Crippen LogP) is 0.865. The third-order valence-corrected chi connectivity index (χ3v) is 4.29. The molecular weight excluding hydrogens is 234 g/mol. The van der Waals surface area contributed by atoms with Crippen LogP contribution in [0.15, 0.2) is 0 Å². The molecule has 1 aliphatic heterocycles. The lowest BCUT2D eigenvalue weighted by atomic mass is 10.3. The zero-order valence-corrected chi connectivity index (χ0v) is 10.5. The Hall–Kier alpha value is -0.360. The van der Waals surface area contributed by atoms with Crippen molar-refractivity contribution in [2.24, 2.45) is 0 Å². The molecule has 0 spiro atoms. The Balaban J connectivity index is 2.22. The van der Waals surface area contributed by atoms with Crippen LogP contribution in [0.1, 0.15) is 26.2 Å². The van der Waals surface area contributed by atoms with E-state index in [1.807, 2.05) is 0 Å². The lowest BCUT2D eigenvalue weighted by molar-refractivity contribution is 0.287. The normalized spacial score (nSPS) is 23.7. The number of sulfone groups is 1. The number of unbranched alkanes of at least 4 members (excludes halogenated alkanes) is 1. The summed E-state index contributed by atoms with van der Waals surface area (Å²) in [4.78, 5) is 0. The molecule has 1 aliphatic rings. The van der Waals surface area contributed by atoms with Gasteiger partial charge >= 0.3 is 0 Å². The van der Waals surface area contributed by atoms with Crippen LogP contribution in [0, 0.1) is 0 Å². The summed E-state index contributed by atoms with van der Waals surface area (Å²) in [6.07, 6.45) is 2.64. The van der Waals surface area contributed by atoms with Gasteiger partial charge in [0.25, 0.3) is 5.17 Å². The van der Waals surface area contributed by atoms with E-state index in [1.54, 1.807) is 0 Å². The van der Waals surface area contributed by atoms with E-state index >= 15 is 0 Å². The standard InChI is InChI=1S/C9H17NO3S2/c1-2-3-5-13-9(14)10-8-4-6-15(11,12)7-8/h8H,2-7H2,1H3,(H,10,14)/t8-/m0/s1. The SMILES string of the molecule is CCCCOC(=S)N[C@H]1CCS(=O)(=O)C1. The van der Waals surface area contributed by atoms with Crippen LogP contribution < -0.4 is 5.32 Å². The lowest BCUT2D eigenvalue weighted by Gasteiger charge is -2.13. The van der Waals surface area contributed by atoms with Gasteiger partial charge in [0.1, 0.15) is 0 Å². The molecule has 1 rings (SSSR count). The van der Waals surface area contributed by atoms with Crippen LogP contribution in [0.2, 0.25) is 0 Å². The first kappa shape index (κ1) is 12.7. The van der Waals surface area contributed by atoms with Gasteiger partial charge in [-0.2, -0.15) is 0 Å². The largest absolute Gasteiger partial charge is 0.471 e. The molecule has 0 aromatic carbocycles. The molecule has 0 aromatic rings. The highest BCUT2D eigenvalue weighted by molar-refractivity contribution is 7.91. The van der Waals surface area contributed by atoms with E-state index in [9.17, 15) is 8.42 Å². The van der Waals surface area contributed by atoms with Crippen LogP contribution in [0.5, 0.6) is 0 Å².